The summed E-state index contributed by atoms with van der Waals surface area (Å²) in [7, 11) is 0. The van der Waals surface area contributed by atoms with Crippen molar-refractivity contribution in [3.8, 4) is 0 Å². The lowest BCUT2D eigenvalue weighted by Gasteiger charge is -2.30. The molecular weight excluding hydrogens is 340 g/mol. The number of hydrogen-bond donors (Lipinski definition) is 1. The highest BCUT2D eigenvalue weighted by molar-refractivity contribution is 5.68. The Morgan fingerprint density at radius 1 is 1.11 bits per heavy atom. The minimum atomic E-state index is 0.0632. The molecule has 5 rings (SSSR count). The maximum atomic E-state index is 12.5. The van der Waals surface area contributed by atoms with Gasteiger partial charge in [-0.25, -0.2) is 14.2 Å². The van der Waals surface area contributed by atoms with E-state index in [-0.39, 0.29) is 11.6 Å². The highest BCUT2D eigenvalue weighted by atomic mass is 16.1. The van der Waals surface area contributed by atoms with Gasteiger partial charge in [0, 0.05) is 24.5 Å². The quantitative estimate of drug-likeness (QED) is 0.773. The lowest BCUT2D eigenvalue weighted by molar-refractivity contribution is 0.302. The molecular formula is C20H24N6O. The van der Waals surface area contributed by atoms with Gasteiger partial charge in [0.25, 0.3) is 5.56 Å². The molecule has 140 valence electrons. The lowest BCUT2D eigenvalue weighted by Crippen LogP contribution is -2.34. The Labute approximate surface area is 157 Å². The SMILES string of the molecule is Cc1cc2c(NC3CCC(n4nc5c(cc4=O)CCC5)CC3)nccn2n1. The van der Waals surface area contributed by atoms with Gasteiger partial charge in [0.2, 0.25) is 0 Å². The van der Waals surface area contributed by atoms with Gasteiger partial charge in [-0.15, -0.1) is 0 Å². The van der Waals surface area contributed by atoms with Crippen molar-refractivity contribution in [2.24, 2.45) is 0 Å². The van der Waals surface area contributed by atoms with Gasteiger partial charge in [-0.1, -0.05) is 0 Å². The molecule has 1 saturated carbocycles. The van der Waals surface area contributed by atoms with Crippen molar-refractivity contribution in [1.29, 1.82) is 0 Å². The van der Waals surface area contributed by atoms with Gasteiger partial charge in [0.1, 0.15) is 5.52 Å². The average Bonchev–Trinajstić information content (AvgIpc) is 3.27. The Kier molecular flexibility index (Phi) is 3.95. The van der Waals surface area contributed by atoms with Crippen LogP contribution in [0.1, 0.15) is 55.1 Å². The fourth-order valence-electron chi connectivity index (χ4n) is 4.49. The van der Waals surface area contributed by atoms with Crippen molar-refractivity contribution in [3.63, 3.8) is 0 Å². The minimum Gasteiger partial charge on any atom is -0.366 e. The second-order valence-corrected chi connectivity index (χ2v) is 7.79. The van der Waals surface area contributed by atoms with Crippen LogP contribution in [0.2, 0.25) is 0 Å². The molecule has 0 bridgehead atoms. The fourth-order valence-corrected chi connectivity index (χ4v) is 4.49. The molecule has 7 heteroatoms. The number of aromatic nitrogens is 5. The first-order valence-corrected chi connectivity index (χ1v) is 9.86. The second kappa shape index (κ2) is 6.48. The molecule has 1 fully saturated rings. The third-order valence-electron chi connectivity index (χ3n) is 5.88. The summed E-state index contributed by atoms with van der Waals surface area (Å²) < 4.78 is 3.62. The van der Waals surface area contributed by atoms with Gasteiger partial charge in [-0.05, 0) is 63.5 Å². The van der Waals surface area contributed by atoms with Crippen LogP contribution < -0.4 is 10.9 Å². The summed E-state index contributed by atoms with van der Waals surface area (Å²) in [6, 6.07) is 4.43. The Bertz CT molecular complexity index is 1040. The number of hydrogen-bond acceptors (Lipinski definition) is 5. The summed E-state index contributed by atoms with van der Waals surface area (Å²) >= 11 is 0. The molecule has 0 atom stereocenters. The number of rotatable bonds is 3. The summed E-state index contributed by atoms with van der Waals surface area (Å²) in [5, 5.41) is 12.7. The van der Waals surface area contributed by atoms with Crippen molar-refractivity contribution in [2.45, 2.75) is 64.0 Å². The molecule has 0 unspecified atom stereocenters. The van der Waals surface area contributed by atoms with Crippen molar-refractivity contribution in [1.82, 2.24) is 24.4 Å². The summed E-state index contributed by atoms with van der Waals surface area (Å²) in [6.07, 6.45) is 10.7. The van der Waals surface area contributed by atoms with E-state index >= 15 is 0 Å². The molecule has 0 aliphatic heterocycles. The first-order chi connectivity index (χ1) is 13.2. The van der Waals surface area contributed by atoms with E-state index in [0.717, 1.165) is 73.2 Å². The number of anilines is 1. The van der Waals surface area contributed by atoms with E-state index < -0.39 is 0 Å². The maximum absolute atomic E-state index is 12.5. The van der Waals surface area contributed by atoms with Gasteiger partial charge in [0.15, 0.2) is 5.82 Å². The molecule has 0 radical (unpaired) electrons. The molecule has 3 heterocycles. The maximum Gasteiger partial charge on any atom is 0.267 e. The number of nitrogens with zero attached hydrogens (tertiary/aromatic N) is 5. The van der Waals surface area contributed by atoms with Crippen LogP contribution in [0.3, 0.4) is 0 Å². The van der Waals surface area contributed by atoms with E-state index in [2.05, 4.69) is 26.6 Å². The molecule has 7 nitrogen and oxygen atoms in total. The standard InChI is InChI=1S/C20H24N6O/c1-13-11-18-20(21-9-10-25(18)23-13)22-15-5-7-16(8-6-15)26-19(27)12-14-3-2-4-17(14)24-26/h9-12,15-16H,2-8H2,1H3,(H,21,22). The highest BCUT2D eigenvalue weighted by Crippen LogP contribution is 2.30. The van der Waals surface area contributed by atoms with Crippen LogP contribution in [0.15, 0.2) is 29.3 Å². The zero-order valence-corrected chi connectivity index (χ0v) is 15.6. The summed E-state index contributed by atoms with van der Waals surface area (Å²) in [5.41, 5.74) is 4.34. The van der Waals surface area contributed by atoms with Crippen molar-refractivity contribution >= 4 is 11.3 Å². The highest BCUT2D eigenvalue weighted by Gasteiger charge is 2.26. The molecule has 3 aromatic heterocycles. The van der Waals surface area contributed by atoms with Gasteiger partial charge >= 0.3 is 0 Å². The monoisotopic (exact) mass is 364 g/mol. The van der Waals surface area contributed by atoms with Crippen LogP contribution in [0.25, 0.3) is 5.52 Å². The predicted molar refractivity (Wildman–Crippen MR) is 103 cm³/mol. The van der Waals surface area contributed by atoms with E-state index in [0.29, 0.717) is 6.04 Å². The van der Waals surface area contributed by atoms with Gasteiger partial charge in [0.05, 0.1) is 17.4 Å². The molecule has 0 aromatic carbocycles. The molecule has 1 N–H and O–H groups in total. The molecule has 27 heavy (non-hydrogen) atoms. The molecule has 2 aliphatic rings. The zero-order chi connectivity index (χ0) is 18.4. The van der Waals surface area contributed by atoms with E-state index in [1.165, 1.54) is 0 Å². The van der Waals surface area contributed by atoms with Crippen LogP contribution >= 0.6 is 0 Å². The van der Waals surface area contributed by atoms with Crippen molar-refractivity contribution in [2.75, 3.05) is 5.32 Å². The van der Waals surface area contributed by atoms with Crippen LogP contribution in [0.4, 0.5) is 5.82 Å². The van der Waals surface area contributed by atoms with Crippen LogP contribution in [-0.4, -0.2) is 30.4 Å². The Morgan fingerprint density at radius 2 is 1.96 bits per heavy atom. The lowest BCUT2D eigenvalue weighted by atomic mass is 9.91. The average molecular weight is 364 g/mol. The van der Waals surface area contributed by atoms with E-state index in [1.54, 1.807) is 10.9 Å². The van der Waals surface area contributed by atoms with Crippen molar-refractivity contribution in [3.05, 3.63) is 51.8 Å². The normalized spacial score (nSPS) is 22.1. The van der Waals surface area contributed by atoms with E-state index in [1.807, 2.05) is 23.7 Å². The van der Waals surface area contributed by atoms with Crippen molar-refractivity contribution < 1.29 is 0 Å². The predicted octanol–water partition coefficient (Wildman–Crippen LogP) is 2.68. The largest absolute Gasteiger partial charge is 0.366 e. The Morgan fingerprint density at radius 3 is 2.81 bits per heavy atom. The topological polar surface area (TPSA) is 77.1 Å². The fraction of sp³-hybridized carbons (Fsp3) is 0.500. The van der Waals surface area contributed by atoms with Crippen LogP contribution in [0, 0.1) is 6.92 Å². The number of nitrogens with one attached hydrogen (secondary N) is 1. The van der Waals surface area contributed by atoms with Gasteiger partial charge < -0.3 is 5.32 Å². The number of fused-ring (bicyclic) bond motifs is 2. The third kappa shape index (κ3) is 3.01. The minimum absolute atomic E-state index is 0.0632. The van der Waals surface area contributed by atoms with Crippen LogP contribution in [0.5, 0.6) is 0 Å². The van der Waals surface area contributed by atoms with Gasteiger partial charge in [-0.3, -0.25) is 4.79 Å². The first kappa shape index (κ1) is 16.5. The molecule has 3 aromatic rings. The molecule has 0 spiro atoms. The molecule has 0 saturated heterocycles. The first-order valence-electron chi connectivity index (χ1n) is 9.86. The Hall–Kier alpha value is -2.70. The number of aryl methyl sites for hydroxylation is 3. The second-order valence-electron chi connectivity index (χ2n) is 7.79. The van der Waals surface area contributed by atoms with Crippen LogP contribution in [-0.2, 0) is 12.8 Å². The molecule has 2 aliphatic carbocycles. The summed E-state index contributed by atoms with van der Waals surface area (Å²) in [4.78, 5) is 17.0. The summed E-state index contributed by atoms with van der Waals surface area (Å²) in [6.45, 7) is 1.99. The molecule has 0 amide bonds. The third-order valence-corrected chi connectivity index (χ3v) is 5.88. The Balaban J connectivity index is 1.30. The summed E-state index contributed by atoms with van der Waals surface area (Å²) in [5.74, 6) is 0.884. The smallest absolute Gasteiger partial charge is 0.267 e. The zero-order valence-electron chi connectivity index (χ0n) is 15.6. The van der Waals surface area contributed by atoms with Gasteiger partial charge in [-0.2, -0.15) is 10.2 Å². The van der Waals surface area contributed by atoms with E-state index in [9.17, 15) is 4.79 Å². The van der Waals surface area contributed by atoms with E-state index in [4.69, 9.17) is 0 Å².